The zero-order chi connectivity index (χ0) is 15.1. The minimum Gasteiger partial charge on any atom is -0.465 e. The van der Waals surface area contributed by atoms with Crippen LogP contribution in [0.25, 0.3) is 0 Å². The lowest BCUT2D eigenvalue weighted by Gasteiger charge is -2.19. The topological polar surface area (TPSA) is 26.3 Å². The third-order valence-corrected chi connectivity index (χ3v) is 3.50. The van der Waals surface area contributed by atoms with Crippen LogP contribution in [0.3, 0.4) is 0 Å². The van der Waals surface area contributed by atoms with Crippen LogP contribution in [0.5, 0.6) is 0 Å². The predicted molar refractivity (Wildman–Crippen MR) is 63.4 cm³/mol. The molecule has 0 aromatic rings. The van der Waals surface area contributed by atoms with Crippen molar-refractivity contribution in [2.45, 2.75) is 50.5 Å². The number of carbonyl (C=O) groups is 1. The molecular formula is C11H17F5O2S. The van der Waals surface area contributed by atoms with E-state index in [-0.39, 0.29) is 19.4 Å². The van der Waals surface area contributed by atoms with E-state index in [4.69, 9.17) is 4.74 Å². The van der Waals surface area contributed by atoms with Gasteiger partial charge in [-0.25, -0.2) is 0 Å². The molecule has 0 fully saturated rings. The normalized spacial score (nSPS) is 14.3. The average molecular weight is 308 g/mol. The highest BCUT2D eigenvalue weighted by Crippen LogP contribution is 2.39. The highest BCUT2D eigenvalue weighted by Gasteiger charge is 2.56. The van der Waals surface area contributed by atoms with E-state index in [1.165, 1.54) is 11.8 Å². The number of ether oxygens (including phenoxy) is 1. The van der Waals surface area contributed by atoms with Gasteiger partial charge in [0.05, 0.1) is 11.9 Å². The van der Waals surface area contributed by atoms with Crippen molar-refractivity contribution in [3.8, 4) is 0 Å². The molecule has 0 spiro atoms. The number of unbranched alkanes of at least 4 members (excludes halogenated alkanes) is 1. The van der Waals surface area contributed by atoms with Crippen LogP contribution in [0, 0.1) is 0 Å². The molecule has 114 valence electrons. The van der Waals surface area contributed by atoms with Crippen LogP contribution in [0.15, 0.2) is 0 Å². The lowest BCUT2D eigenvalue weighted by molar-refractivity contribution is -0.284. The van der Waals surface area contributed by atoms with Crippen LogP contribution in [-0.4, -0.2) is 35.7 Å². The first-order valence-corrected chi connectivity index (χ1v) is 6.89. The summed E-state index contributed by atoms with van der Waals surface area (Å²) in [5.74, 6) is -4.70. The third-order valence-electron chi connectivity index (χ3n) is 2.29. The van der Waals surface area contributed by atoms with Crippen molar-refractivity contribution in [2.24, 2.45) is 0 Å². The van der Waals surface area contributed by atoms with E-state index >= 15 is 0 Å². The number of rotatable bonds is 8. The summed E-state index contributed by atoms with van der Waals surface area (Å²) in [5, 5.41) is -0.442. The Morgan fingerprint density at radius 1 is 1.21 bits per heavy atom. The molecule has 1 unspecified atom stereocenters. The maximum absolute atomic E-state index is 12.5. The van der Waals surface area contributed by atoms with Crippen LogP contribution in [0.1, 0.15) is 33.1 Å². The standard InChI is InChI=1S/C11H17F5O2S/c1-3-18-9(17)8(2)19-7-5-4-6-10(12,13)11(14,15)16/h8H,3-7H2,1-2H3. The Labute approximate surface area is 113 Å². The molecule has 0 saturated heterocycles. The van der Waals surface area contributed by atoms with Gasteiger partial charge < -0.3 is 4.74 Å². The van der Waals surface area contributed by atoms with Crippen LogP contribution in [-0.2, 0) is 9.53 Å². The lowest BCUT2D eigenvalue weighted by atomic mass is 10.1. The number of alkyl halides is 5. The molecule has 0 heterocycles. The molecule has 0 aliphatic rings. The van der Waals surface area contributed by atoms with Gasteiger partial charge in [-0.15, -0.1) is 11.8 Å². The molecule has 0 amide bonds. The Hall–Kier alpha value is -0.530. The molecule has 0 aromatic heterocycles. The summed E-state index contributed by atoms with van der Waals surface area (Å²) in [6.07, 6.45) is -6.75. The van der Waals surface area contributed by atoms with E-state index in [1.54, 1.807) is 13.8 Å². The number of thioether (sulfide) groups is 1. The van der Waals surface area contributed by atoms with E-state index in [9.17, 15) is 26.7 Å². The fourth-order valence-electron chi connectivity index (χ4n) is 1.18. The maximum Gasteiger partial charge on any atom is 0.453 e. The van der Waals surface area contributed by atoms with Gasteiger partial charge >= 0.3 is 18.1 Å². The number of halogens is 5. The molecule has 0 radical (unpaired) electrons. The van der Waals surface area contributed by atoms with Crippen molar-refractivity contribution < 1.29 is 31.5 Å². The molecule has 8 heteroatoms. The predicted octanol–water partition coefficient (Wildman–Crippen LogP) is 4.04. The summed E-state index contributed by atoms with van der Waals surface area (Å²) in [7, 11) is 0. The van der Waals surface area contributed by atoms with Crippen molar-refractivity contribution >= 4 is 17.7 Å². The van der Waals surface area contributed by atoms with Crippen LogP contribution in [0.2, 0.25) is 0 Å². The summed E-state index contributed by atoms with van der Waals surface area (Å²) in [5.41, 5.74) is 0. The summed E-state index contributed by atoms with van der Waals surface area (Å²) in [4.78, 5) is 11.2. The van der Waals surface area contributed by atoms with E-state index in [0.717, 1.165) is 0 Å². The Morgan fingerprint density at radius 3 is 2.26 bits per heavy atom. The Morgan fingerprint density at radius 2 is 1.79 bits per heavy atom. The van der Waals surface area contributed by atoms with Crippen LogP contribution >= 0.6 is 11.8 Å². The van der Waals surface area contributed by atoms with Crippen molar-refractivity contribution in [3.05, 3.63) is 0 Å². The second kappa shape index (κ2) is 7.91. The first-order valence-electron chi connectivity index (χ1n) is 5.84. The minimum absolute atomic E-state index is 0.195. The molecule has 0 N–H and O–H groups in total. The summed E-state index contributed by atoms with van der Waals surface area (Å²) in [6, 6.07) is 0. The SMILES string of the molecule is CCOC(=O)C(C)SCCCCC(F)(F)C(F)(F)F. The monoisotopic (exact) mass is 308 g/mol. The van der Waals surface area contributed by atoms with Crippen molar-refractivity contribution in [2.75, 3.05) is 12.4 Å². The van der Waals surface area contributed by atoms with Crippen molar-refractivity contribution in [3.63, 3.8) is 0 Å². The fraction of sp³-hybridized carbons (Fsp3) is 0.909. The summed E-state index contributed by atoms with van der Waals surface area (Å²) < 4.78 is 65.3. The molecule has 0 saturated carbocycles. The quantitative estimate of drug-likeness (QED) is 0.384. The average Bonchev–Trinajstić information content (AvgIpc) is 2.26. The first-order chi connectivity index (χ1) is 8.62. The molecule has 0 aliphatic heterocycles. The lowest BCUT2D eigenvalue weighted by Crippen LogP contribution is -2.36. The van der Waals surface area contributed by atoms with Crippen LogP contribution < -0.4 is 0 Å². The zero-order valence-electron chi connectivity index (χ0n) is 10.7. The molecule has 2 nitrogen and oxygen atoms in total. The van der Waals surface area contributed by atoms with Gasteiger partial charge in [0.15, 0.2) is 0 Å². The molecule has 0 aliphatic carbocycles. The van der Waals surface area contributed by atoms with Gasteiger partial charge in [0.25, 0.3) is 0 Å². The van der Waals surface area contributed by atoms with Gasteiger partial charge in [0.2, 0.25) is 0 Å². The van der Waals surface area contributed by atoms with Gasteiger partial charge in [0.1, 0.15) is 0 Å². The molecule has 1 atom stereocenters. The Kier molecular flexibility index (Phi) is 7.69. The van der Waals surface area contributed by atoms with E-state index in [1.807, 2.05) is 0 Å². The minimum atomic E-state index is -5.49. The molecule has 0 aromatic carbocycles. The summed E-state index contributed by atoms with van der Waals surface area (Å²) in [6.45, 7) is 3.52. The van der Waals surface area contributed by atoms with Gasteiger partial charge in [-0.2, -0.15) is 22.0 Å². The Bertz CT molecular complexity index is 281. The first kappa shape index (κ1) is 18.5. The van der Waals surface area contributed by atoms with E-state index < -0.39 is 29.7 Å². The van der Waals surface area contributed by atoms with Crippen molar-refractivity contribution in [1.82, 2.24) is 0 Å². The summed E-state index contributed by atoms with van der Waals surface area (Å²) >= 11 is 1.18. The molecule has 0 bridgehead atoms. The third kappa shape index (κ3) is 6.98. The van der Waals surface area contributed by atoms with E-state index in [2.05, 4.69) is 0 Å². The highest BCUT2D eigenvalue weighted by molar-refractivity contribution is 8.00. The van der Waals surface area contributed by atoms with Gasteiger partial charge in [-0.05, 0) is 32.4 Å². The fourth-order valence-corrected chi connectivity index (χ4v) is 2.11. The van der Waals surface area contributed by atoms with Gasteiger partial charge in [-0.3, -0.25) is 4.79 Å². The molecular weight excluding hydrogens is 291 g/mol. The zero-order valence-corrected chi connectivity index (χ0v) is 11.5. The number of esters is 1. The molecule has 0 rings (SSSR count). The van der Waals surface area contributed by atoms with Gasteiger partial charge in [-0.1, -0.05) is 0 Å². The second-order valence-electron chi connectivity index (χ2n) is 3.92. The molecule has 19 heavy (non-hydrogen) atoms. The second-order valence-corrected chi connectivity index (χ2v) is 5.37. The van der Waals surface area contributed by atoms with Gasteiger partial charge in [0, 0.05) is 6.42 Å². The van der Waals surface area contributed by atoms with Crippen LogP contribution in [0.4, 0.5) is 22.0 Å². The maximum atomic E-state index is 12.5. The number of hydrogen-bond donors (Lipinski definition) is 0. The number of carbonyl (C=O) groups excluding carboxylic acids is 1. The Balaban J connectivity index is 3.80. The van der Waals surface area contributed by atoms with Crippen molar-refractivity contribution in [1.29, 1.82) is 0 Å². The smallest absolute Gasteiger partial charge is 0.453 e. The highest BCUT2D eigenvalue weighted by atomic mass is 32.2. The largest absolute Gasteiger partial charge is 0.465 e. The van der Waals surface area contributed by atoms with E-state index in [0.29, 0.717) is 5.75 Å². The number of hydrogen-bond acceptors (Lipinski definition) is 3.